The Morgan fingerprint density at radius 3 is 2.74 bits per heavy atom. The minimum Gasteiger partial charge on any atom is -0.469 e. The average molecular weight is 257 g/mol. The number of halogens is 1. The van der Waals surface area contributed by atoms with Gasteiger partial charge in [-0.1, -0.05) is 18.2 Å². The molecule has 96 valence electrons. The summed E-state index contributed by atoms with van der Waals surface area (Å²) >= 11 is 0. The van der Waals surface area contributed by atoms with E-state index in [1.807, 2.05) is 6.07 Å². The van der Waals surface area contributed by atoms with Crippen molar-refractivity contribution in [2.45, 2.75) is 18.8 Å². The van der Waals surface area contributed by atoms with Crippen LogP contribution in [0.2, 0.25) is 0 Å². The zero-order valence-electron chi connectivity index (χ0n) is 10.2. The van der Waals surface area contributed by atoms with E-state index in [1.165, 1.54) is 24.5 Å². The minimum atomic E-state index is -1.06. The van der Waals surface area contributed by atoms with Gasteiger partial charge in [-0.25, -0.2) is 4.39 Å². The molecular weight excluding hydrogens is 245 g/mol. The predicted molar refractivity (Wildman–Crippen MR) is 66.8 cm³/mol. The number of aryl methyl sites for hydroxylation is 1. The third-order valence-electron chi connectivity index (χ3n) is 2.87. The summed E-state index contributed by atoms with van der Waals surface area (Å²) in [6.45, 7) is 0. The summed E-state index contributed by atoms with van der Waals surface area (Å²) in [5.41, 5.74) is 0.134. The predicted octanol–water partition coefficient (Wildman–Crippen LogP) is 3.23. The van der Waals surface area contributed by atoms with Crippen molar-refractivity contribution in [1.82, 2.24) is 0 Å². The smallest absolute Gasteiger partial charge is 0.155 e. The highest BCUT2D eigenvalue weighted by Crippen LogP contribution is 2.21. The highest BCUT2D eigenvalue weighted by molar-refractivity contribution is 5.88. The first-order chi connectivity index (χ1) is 9.22. The SMILES string of the molecule is N#CC(C(=O)CCc1ccco1)c1ccccc1F. The van der Waals surface area contributed by atoms with Crippen LogP contribution in [0.25, 0.3) is 0 Å². The number of nitriles is 1. The normalized spacial score (nSPS) is 11.8. The Bertz CT molecular complexity index is 599. The van der Waals surface area contributed by atoms with E-state index in [4.69, 9.17) is 9.68 Å². The van der Waals surface area contributed by atoms with Gasteiger partial charge in [-0.05, 0) is 18.2 Å². The van der Waals surface area contributed by atoms with Gasteiger partial charge in [0.05, 0.1) is 12.3 Å². The number of Topliss-reactive ketones (excluding diaryl/α,β-unsaturated/α-hetero) is 1. The number of carbonyl (C=O) groups excluding carboxylic acids is 1. The van der Waals surface area contributed by atoms with E-state index in [0.717, 1.165) is 0 Å². The lowest BCUT2D eigenvalue weighted by molar-refractivity contribution is -0.119. The fourth-order valence-corrected chi connectivity index (χ4v) is 1.87. The number of benzene rings is 1. The first kappa shape index (κ1) is 13.0. The van der Waals surface area contributed by atoms with Gasteiger partial charge in [0, 0.05) is 18.4 Å². The molecule has 4 heteroatoms. The third kappa shape index (κ3) is 3.08. The molecule has 3 nitrogen and oxygen atoms in total. The second-order valence-electron chi connectivity index (χ2n) is 4.13. The second kappa shape index (κ2) is 5.96. The molecule has 1 unspecified atom stereocenters. The Morgan fingerprint density at radius 1 is 1.32 bits per heavy atom. The van der Waals surface area contributed by atoms with E-state index in [0.29, 0.717) is 12.2 Å². The molecule has 0 N–H and O–H groups in total. The van der Waals surface area contributed by atoms with Crippen LogP contribution >= 0.6 is 0 Å². The molecule has 0 bridgehead atoms. The van der Waals surface area contributed by atoms with Crippen LogP contribution in [0.15, 0.2) is 47.1 Å². The van der Waals surface area contributed by atoms with E-state index in [1.54, 1.807) is 18.2 Å². The lowest BCUT2D eigenvalue weighted by Crippen LogP contribution is -2.13. The van der Waals surface area contributed by atoms with E-state index in [9.17, 15) is 9.18 Å². The largest absolute Gasteiger partial charge is 0.469 e. The van der Waals surface area contributed by atoms with Crippen molar-refractivity contribution in [2.75, 3.05) is 0 Å². The third-order valence-corrected chi connectivity index (χ3v) is 2.87. The van der Waals surface area contributed by atoms with Crippen LogP contribution in [0.1, 0.15) is 23.7 Å². The molecule has 0 spiro atoms. The molecule has 19 heavy (non-hydrogen) atoms. The Balaban J connectivity index is 2.08. The van der Waals surface area contributed by atoms with Crippen LogP contribution < -0.4 is 0 Å². The molecule has 2 aromatic rings. The summed E-state index contributed by atoms with van der Waals surface area (Å²) < 4.78 is 18.7. The fraction of sp³-hybridized carbons (Fsp3) is 0.200. The van der Waals surface area contributed by atoms with Crippen LogP contribution in [-0.4, -0.2) is 5.78 Å². The molecule has 0 aliphatic rings. The zero-order valence-corrected chi connectivity index (χ0v) is 10.2. The summed E-state index contributed by atoms with van der Waals surface area (Å²) in [6, 6.07) is 11.2. The molecule has 2 rings (SSSR count). The molecule has 0 radical (unpaired) electrons. The van der Waals surface area contributed by atoms with Crippen LogP contribution in [0, 0.1) is 17.1 Å². The van der Waals surface area contributed by atoms with E-state index < -0.39 is 11.7 Å². The summed E-state index contributed by atoms with van der Waals surface area (Å²) in [5.74, 6) is -1.21. The van der Waals surface area contributed by atoms with Gasteiger partial charge < -0.3 is 4.42 Å². The summed E-state index contributed by atoms with van der Waals surface area (Å²) in [4.78, 5) is 12.0. The van der Waals surface area contributed by atoms with Crippen LogP contribution in [0.3, 0.4) is 0 Å². The molecule has 0 fully saturated rings. The first-order valence-electron chi connectivity index (χ1n) is 5.91. The van der Waals surface area contributed by atoms with Gasteiger partial charge in [-0.15, -0.1) is 0 Å². The molecule has 0 saturated carbocycles. The van der Waals surface area contributed by atoms with Gasteiger partial charge in [0.2, 0.25) is 0 Å². The van der Waals surface area contributed by atoms with Gasteiger partial charge >= 0.3 is 0 Å². The van der Waals surface area contributed by atoms with Gasteiger partial charge in [0.1, 0.15) is 17.5 Å². The van der Waals surface area contributed by atoms with Gasteiger partial charge in [0.15, 0.2) is 5.78 Å². The Hall–Kier alpha value is -2.41. The molecule has 1 atom stereocenters. The molecule has 1 aromatic heterocycles. The van der Waals surface area contributed by atoms with E-state index >= 15 is 0 Å². The highest BCUT2D eigenvalue weighted by Gasteiger charge is 2.22. The maximum absolute atomic E-state index is 13.6. The second-order valence-corrected chi connectivity index (χ2v) is 4.13. The zero-order chi connectivity index (χ0) is 13.7. The minimum absolute atomic E-state index is 0.134. The number of hydrogen-bond donors (Lipinski definition) is 0. The molecule has 1 heterocycles. The fourth-order valence-electron chi connectivity index (χ4n) is 1.87. The Kier molecular flexibility index (Phi) is 4.09. The monoisotopic (exact) mass is 257 g/mol. The van der Waals surface area contributed by atoms with Crippen molar-refractivity contribution in [3.63, 3.8) is 0 Å². The maximum atomic E-state index is 13.6. The van der Waals surface area contributed by atoms with Crippen LogP contribution in [-0.2, 0) is 11.2 Å². The topological polar surface area (TPSA) is 54.0 Å². The number of rotatable bonds is 5. The Morgan fingerprint density at radius 2 is 2.11 bits per heavy atom. The van der Waals surface area contributed by atoms with Crippen molar-refractivity contribution in [3.05, 3.63) is 59.8 Å². The van der Waals surface area contributed by atoms with Crippen molar-refractivity contribution in [1.29, 1.82) is 5.26 Å². The molecular formula is C15H12FNO2. The van der Waals surface area contributed by atoms with Gasteiger partial charge in [0.25, 0.3) is 0 Å². The summed E-state index contributed by atoms with van der Waals surface area (Å²) in [7, 11) is 0. The molecule has 0 aliphatic heterocycles. The van der Waals surface area contributed by atoms with Gasteiger partial charge in [-0.2, -0.15) is 5.26 Å². The molecule has 1 aromatic carbocycles. The molecule has 0 aliphatic carbocycles. The van der Waals surface area contributed by atoms with Crippen LogP contribution in [0.4, 0.5) is 4.39 Å². The Labute approximate surface area is 110 Å². The van der Waals surface area contributed by atoms with Gasteiger partial charge in [-0.3, -0.25) is 4.79 Å². The average Bonchev–Trinajstić information content (AvgIpc) is 2.92. The standard InChI is InChI=1S/C15H12FNO2/c16-14-6-2-1-5-12(14)13(10-17)15(18)8-7-11-4-3-9-19-11/h1-6,9,13H,7-8H2. The number of furan rings is 1. The maximum Gasteiger partial charge on any atom is 0.155 e. The van der Waals surface area contributed by atoms with Crippen LogP contribution in [0.5, 0.6) is 0 Å². The number of hydrogen-bond acceptors (Lipinski definition) is 3. The summed E-state index contributed by atoms with van der Waals surface area (Å²) in [6.07, 6.45) is 2.09. The number of carbonyl (C=O) groups is 1. The van der Waals surface area contributed by atoms with Crippen molar-refractivity contribution >= 4 is 5.78 Å². The van der Waals surface area contributed by atoms with Crippen molar-refractivity contribution < 1.29 is 13.6 Å². The molecule has 0 amide bonds. The summed E-state index contributed by atoms with van der Waals surface area (Å²) in [5, 5.41) is 9.07. The number of nitrogens with zero attached hydrogens (tertiary/aromatic N) is 1. The first-order valence-corrected chi connectivity index (χ1v) is 5.91. The lowest BCUT2D eigenvalue weighted by Gasteiger charge is -2.08. The van der Waals surface area contributed by atoms with Crippen molar-refractivity contribution in [2.24, 2.45) is 0 Å². The molecule has 0 saturated heterocycles. The quantitative estimate of drug-likeness (QED) is 0.826. The van der Waals surface area contributed by atoms with Crippen molar-refractivity contribution in [3.8, 4) is 6.07 Å². The van der Waals surface area contributed by atoms with E-state index in [2.05, 4.69) is 0 Å². The highest BCUT2D eigenvalue weighted by atomic mass is 19.1. The lowest BCUT2D eigenvalue weighted by atomic mass is 9.93. The number of ketones is 1. The van der Waals surface area contributed by atoms with E-state index in [-0.39, 0.29) is 17.8 Å².